The van der Waals surface area contributed by atoms with Crippen LogP contribution in [-0.4, -0.2) is 39.2 Å². The number of benzene rings is 1. The van der Waals surface area contributed by atoms with E-state index in [-0.39, 0.29) is 11.3 Å². The summed E-state index contributed by atoms with van der Waals surface area (Å²) in [5.41, 5.74) is 2.56. The maximum Gasteiger partial charge on any atom is 0.255 e. The minimum absolute atomic E-state index is 0.00566. The number of aromatic nitrogens is 4. The zero-order valence-corrected chi connectivity index (χ0v) is 23.3. The van der Waals surface area contributed by atoms with Crippen molar-refractivity contribution in [3.63, 3.8) is 0 Å². The van der Waals surface area contributed by atoms with Crippen LogP contribution in [0.5, 0.6) is 0 Å². The fourth-order valence-corrected chi connectivity index (χ4v) is 3.78. The van der Waals surface area contributed by atoms with E-state index in [9.17, 15) is 19.2 Å². The molecule has 1 amide bonds. The van der Waals surface area contributed by atoms with Gasteiger partial charge in [0.25, 0.3) is 5.91 Å². The summed E-state index contributed by atoms with van der Waals surface area (Å²) in [5, 5.41) is 15.0. The van der Waals surface area contributed by atoms with E-state index in [0.29, 0.717) is 40.1 Å². The normalized spacial score (nSPS) is 12.4. The van der Waals surface area contributed by atoms with Gasteiger partial charge in [-0.15, -0.1) is 0 Å². The first-order valence-electron chi connectivity index (χ1n) is 13.1. The zero-order chi connectivity index (χ0) is 29.6. The van der Waals surface area contributed by atoms with E-state index >= 15 is 0 Å². The molecule has 3 heterocycles. The quantitative estimate of drug-likeness (QED) is 0.278. The summed E-state index contributed by atoms with van der Waals surface area (Å²) in [5.74, 6) is 0.445. The van der Waals surface area contributed by atoms with Crippen LogP contribution in [0.15, 0.2) is 61.1 Å². The number of pyridine rings is 2. The topological polar surface area (TPSA) is 134 Å². The van der Waals surface area contributed by atoms with Gasteiger partial charge in [0.05, 0.1) is 28.6 Å². The molecule has 0 aliphatic heterocycles. The first kappa shape index (κ1) is 29.0. The molecule has 0 atom stereocenters. The highest BCUT2D eigenvalue weighted by Gasteiger charge is 2.23. The lowest BCUT2D eigenvalue weighted by atomic mass is 9.90. The van der Waals surface area contributed by atoms with Crippen LogP contribution in [0.2, 0.25) is 0 Å². The summed E-state index contributed by atoms with van der Waals surface area (Å²) < 4.78 is 14.8. The summed E-state index contributed by atoms with van der Waals surface area (Å²) in [7, 11) is 1.78. The molecule has 41 heavy (non-hydrogen) atoms. The lowest BCUT2D eigenvalue weighted by Gasteiger charge is -2.15. The minimum Gasteiger partial charge on any atom is -0.373 e. The molecule has 1 aromatic carbocycles. The minimum atomic E-state index is -0.871. The van der Waals surface area contributed by atoms with E-state index in [1.54, 1.807) is 46.3 Å². The van der Waals surface area contributed by atoms with E-state index in [0.717, 1.165) is 24.7 Å². The van der Waals surface area contributed by atoms with Gasteiger partial charge >= 0.3 is 0 Å². The van der Waals surface area contributed by atoms with Crippen molar-refractivity contribution in [3.8, 4) is 28.7 Å². The maximum atomic E-state index is 14.8. The second kappa shape index (κ2) is 12.4. The molecule has 5 rings (SSSR count). The van der Waals surface area contributed by atoms with Crippen LogP contribution in [0, 0.1) is 30.0 Å². The lowest BCUT2D eigenvalue weighted by molar-refractivity contribution is -0.108. The molecule has 2 N–H and O–H groups in total. The Morgan fingerprint density at radius 1 is 1.07 bits per heavy atom. The van der Waals surface area contributed by atoms with Crippen LogP contribution in [0.4, 0.5) is 15.9 Å². The van der Waals surface area contributed by atoms with Crippen LogP contribution < -0.4 is 10.6 Å². The van der Waals surface area contributed by atoms with Crippen LogP contribution in [0.1, 0.15) is 48.3 Å². The number of aryl methyl sites for hydroxylation is 1. The Bertz CT molecular complexity index is 1630. The molecule has 4 aromatic rings. The van der Waals surface area contributed by atoms with Crippen molar-refractivity contribution < 1.29 is 14.0 Å². The first-order chi connectivity index (χ1) is 19.6. The average Bonchev–Trinajstić information content (AvgIpc) is 3.84. The highest BCUT2D eigenvalue weighted by molar-refractivity contribution is 6.04. The van der Waals surface area contributed by atoms with Gasteiger partial charge in [-0.2, -0.15) is 5.26 Å². The van der Waals surface area contributed by atoms with E-state index < -0.39 is 17.1 Å². The number of nitrogens with zero attached hydrogens (tertiary/aromatic N) is 5. The molecule has 10 heteroatoms. The summed E-state index contributed by atoms with van der Waals surface area (Å²) in [6.07, 6.45) is 8.08. The predicted octanol–water partition coefficient (Wildman–Crippen LogP) is 5.74. The molecule has 0 saturated heterocycles. The second-order valence-corrected chi connectivity index (χ2v) is 10.2. The smallest absolute Gasteiger partial charge is 0.255 e. The van der Waals surface area contributed by atoms with Gasteiger partial charge in [-0.3, -0.25) is 9.78 Å². The molecule has 1 aliphatic rings. The molecule has 3 aromatic heterocycles. The van der Waals surface area contributed by atoms with Crippen LogP contribution in [0.25, 0.3) is 22.6 Å². The SMILES string of the molecule is CNc1cc(-c2ccnc(-c3cc(NC(=O)c4ccnc(C(C)(C)C#N)c4)c(F)cc3C)n2)ccn1.O=CC1CC1. The second-order valence-electron chi connectivity index (χ2n) is 10.2. The highest BCUT2D eigenvalue weighted by atomic mass is 19.1. The Kier molecular flexibility index (Phi) is 8.78. The molecule has 1 saturated carbocycles. The molecule has 1 fully saturated rings. The Morgan fingerprint density at radius 2 is 1.80 bits per heavy atom. The van der Waals surface area contributed by atoms with Crippen LogP contribution in [-0.2, 0) is 10.2 Å². The standard InChI is InChI=1S/C27H24FN7O.C4H6O/c1-16-11-20(28)22(35-26(36)18-6-8-31-23(12-18)27(2,3)15-29)14-19(16)25-33-10-7-21(34-25)17-5-9-32-24(13-17)30-4;5-3-4-1-2-4/h5-14H,1-4H3,(H,30,32)(H,35,36);3-4H,1-2H2. The lowest BCUT2D eigenvalue weighted by Crippen LogP contribution is -2.19. The van der Waals surface area contributed by atoms with Gasteiger partial charge in [0.2, 0.25) is 0 Å². The Balaban J connectivity index is 0.000000699. The van der Waals surface area contributed by atoms with Crippen molar-refractivity contribution in [2.45, 2.75) is 39.0 Å². The third-order valence-electron chi connectivity index (χ3n) is 6.53. The molecule has 0 unspecified atom stereocenters. The number of carbonyl (C=O) groups is 2. The van der Waals surface area contributed by atoms with E-state index in [1.807, 2.05) is 12.1 Å². The van der Waals surface area contributed by atoms with Gasteiger partial charge in [-0.1, -0.05) is 0 Å². The maximum absolute atomic E-state index is 14.8. The van der Waals surface area contributed by atoms with Gasteiger partial charge in [0, 0.05) is 48.2 Å². The molecule has 0 radical (unpaired) electrons. The molecule has 1 aliphatic carbocycles. The molecular weight excluding hydrogens is 521 g/mol. The van der Waals surface area contributed by atoms with Crippen molar-refractivity contribution in [1.82, 2.24) is 19.9 Å². The zero-order valence-electron chi connectivity index (χ0n) is 23.3. The van der Waals surface area contributed by atoms with Gasteiger partial charge < -0.3 is 15.4 Å². The number of amides is 1. The number of rotatable bonds is 7. The van der Waals surface area contributed by atoms with Gasteiger partial charge in [-0.25, -0.2) is 19.3 Å². The van der Waals surface area contributed by atoms with E-state index in [2.05, 4.69) is 36.6 Å². The largest absolute Gasteiger partial charge is 0.373 e. The monoisotopic (exact) mass is 551 g/mol. The van der Waals surface area contributed by atoms with Crippen molar-refractivity contribution in [1.29, 1.82) is 5.26 Å². The van der Waals surface area contributed by atoms with Gasteiger partial charge in [0.15, 0.2) is 5.82 Å². The van der Waals surface area contributed by atoms with E-state index in [4.69, 9.17) is 0 Å². The van der Waals surface area contributed by atoms with Crippen molar-refractivity contribution >= 4 is 23.7 Å². The summed E-state index contributed by atoms with van der Waals surface area (Å²) >= 11 is 0. The molecular formula is C31H30FN7O2. The van der Waals surface area contributed by atoms with Crippen LogP contribution >= 0.6 is 0 Å². The van der Waals surface area contributed by atoms with Gasteiger partial charge in [-0.05, 0) is 81.6 Å². The molecule has 208 valence electrons. The summed E-state index contributed by atoms with van der Waals surface area (Å²) in [6.45, 7) is 5.18. The Morgan fingerprint density at radius 3 is 2.46 bits per heavy atom. The van der Waals surface area contributed by atoms with E-state index in [1.165, 1.54) is 30.5 Å². The van der Waals surface area contributed by atoms with Gasteiger partial charge in [0.1, 0.15) is 17.9 Å². The first-order valence-corrected chi connectivity index (χ1v) is 13.1. The van der Waals surface area contributed by atoms with Crippen LogP contribution in [0.3, 0.4) is 0 Å². The molecule has 9 nitrogen and oxygen atoms in total. The Labute approximate surface area is 237 Å². The molecule has 0 bridgehead atoms. The highest BCUT2D eigenvalue weighted by Crippen LogP contribution is 2.29. The number of hydrogen-bond acceptors (Lipinski definition) is 8. The molecule has 0 spiro atoms. The summed E-state index contributed by atoms with van der Waals surface area (Å²) in [4.78, 5) is 40.0. The third-order valence-corrected chi connectivity index (χ3v) is 6.53. The number of nitrogens with one attached hydrogen (secondary N) is 2. The fourth-order valence-electron chi connectivity index (χ4n) is 3.78. The number of anilines is 2. The third kappa shape index (κ3) is 7.13. The fraction of sp³-hybridized carbons (Fsp3) is 0.258. The van der Waals surface area contributed by atoms with Crippen molar-refractivity contribution in [3.05, 3.63) is 83.7 Å². The number of aldehydes is 1. The summed E-state index contributed by atoms with van der Waals surface area (Å²) in [6, 6.07) is 13.6. The number of nitriles is 1. The number of halogens is 1. The average molecular weight is 552 g/mol. The number of carbonyl (C=O) groups excluding carboxylic acids is 2. The van der Waals surface area contributed by atoms with Crippen molar-refractivity contribution in [2.75, 3.05) is 17.7 Å². The predicted molar refractivity (Wildman–Crippen MR) is 155 cm³/mol. The number of hydrogen-bond donors (Lipinski definition) is 2. The Hall–Kier alpha value is -5.04. The van der Waals surface area contributed by atoms with Crippen molar-refractivity contribution in [2.24, 2.45) is 5.92 Å².